The summed E-state index contributed by atoms with van der Waals surface area (Å²) in [7, 11) is -2.13. The number of hydrogen-bond acceptors (Lipinski definition) is 14. The van der Waals surface area contributed by atoms with Gasteiger partial charge in [0.25, 0.3) is 11.4 Å². The van der Waals surface area contributed by atoms with E-state index in [1.54, 1.807) is 0 Å². The van der Waals surface area contributed by atoms with E-state index in [0.29, 0.717) is 18.5 Å². The fourth-order valence-corrected chi connectivity index (χ4v) is 10.8. The average Bonchev–Trinajstić information content (AvgIpc) is 3.77. The smallest absolute Gasteiger partial charge is 0.413 e. The summed E-state index contributed by atoms with van der Waals surface area (Å²) in [6.45, 7) is 10.7. The largest absolute Gasteiger partial charge is 0.444 e. The third-order valence-corrected chi connectivity index (χ3v) is 16.1. The zero-order chi connectivity index (χ0) is 43.3. The van der Waals surface area contributed by atoms with Gasteiger partial charge in [-0.1, -0.05) is 27.7 Å². The maximum atomic E-state index is 13.9. The molecule has 0 radical (unpaired) electrons. The van der Waals surface area contributed by atoms with Crippen molar-refractivity contribution < 1.29 is 52.5 Å². The molecule has 3 heterocycles. The van der Waals surface area contributed by atoms with Crippen molar-refractivity contribution in [3.63, 3.8) is 0 Å². The van der Waals surface area contributed by atoms with Crippen LogP contribution in [0.15, 0.2) is 64.8 Å². The van der Waals surface area contributed by atoms with E-state index in [9.17, 15) is 49.0 Å². The standard InChI is InChI=1S/C38H45N7O13Si/c1-6-59(7-2,8-3)58-22(5)29-30-21(4)28(31(43(30)33(29)47)36(50)56-34(48)23-9-13-26(14-10-23)44(52)53)20-42-18-17-25(19-42)32(46)40-37(39)41-38(51)57-35(49)24-11-15-27(16-12-24)45(54)55/h9-16,21-22,25,29-30H,6-8,17-20H2,1-5H3,(H3,39,40,41,46,51)/t21-,22?,25-,29+,30+/m0/s1. The van der Waals surface area contributed by atoms with Crippen molar-refractivity contribution in [1.82, 2.24) is 15.1 Å². The minimum absolute atomic E-state index is 0.0812. The highest BCUT2D eigenvalue weighted by Crippen LogP contribution is 2.49. The molecule has 2 aromatic carbocycles. The first-order valence-corrected chi connectivity index (χ1v) is 21.6. The Bertz CT molecular complexity index is 2100. The predicted octanol–water partition coefficient (Wildman–Crippen LogP) is 4.06. The zero-order valence-electron chi connectivity index (χ0n) is 33.1. The summed E-state index contributed by atoms with van der Waals surface area (Å²) < 4.78 is 16.6. The summed E-state index contributed by atoms with van der Waals surface area (Å²) in [6, 6.07) is 11.0. The lowest BCUT2D eigenvalue weighted by atomic mass is 9.77. The Morgan fingerprint density at radius 3 is 1.93 bits per heavy atom. The number of carbonyl (C=O) groups is 6. The van der Waals surface area contributed by atoms with Crippen LogP contribution < -0.4 is 11.1 Å². The van der Waals surface area contributed by atoms with Crippen LogP contribution >= 0.6 is 0 Å². The van der Waals surface area contributed by atoms with Crippen LogP contribution in [-0.4, -0.2) is 102 Å². The number of benzene rings is 2. The van der Waals surface area contributed by atoms with E-state index in [1.807, 2.05) is 18.7 Å². The topological polar surface area (TPSA) is 273 Å². The second kappa shape index (κ2) is 18.2. The number of guanidine groups is 1. The number of carbonyl (C=O) groups excluding carboxylic acids is 6. The average molecular weight is 836 g/mol. The first-order valence-electron chi connectivity index (χ1n) is 19.1. The number of rotatable bonds is 14. The normalized spacial score (nSPS) is 21.0. The number of aliphatic imine (C=N–C) groups is 1. The minimum Gasteiger partial charge on any atom is -0.413 e. The van der Waals surface area contributed by atoms with Crippen LogP contribution in [0.3, 0.4) is 0 Å². The summed E-state index contributed by atoms with van der Waals surface area (Å²) >= 11 is 0. The van der Waals surface area contributed by atoms with Crippen LogP contribution in [0, 0.1) is 38.0 Å². The summed E-state index contributed by atoms with van der Waals surface area (Å²) in [5.74, 6) is -6.45. The van der Waals surface area contributed by atoms with Crippen LogP contribution in [0.25, 0.3) is 0 Å². The Kier molecular flexibility index (Phi) is 13.5. The number of nitrogens with two attached hydrogens (primary N) is 1. The van der Waals surface area contributed by atoms with Gasteiger partial charge in [-0.05, 0) is 67.9 Å². The number of esters is 3. The molecular weight excluding hydrogens is 791 g/mol. The highest BCUT2D eigenvalue weighted by atomic mass is 28.4. The first kappa shape index (κ1) is 43.9. The Labute approximate surface area is 339 Å². The van der Waals surface area contributed by atoms with Crippen molar-refractivity contribution in [3.05, 3.63) is 91.2 Å². The Morgan fingerprint density at radius 1 is 0.898 bits per heavy atom. The molecule has 0 bridgehead atoms. The van der Waals surface area contributed by atoms with Crippen LogP contribution in [0.4, 0.5) is 16.2 Å². The first-order chi connectivity index (χ1) is 27.9. The number of hydrogen-bond donors (Lipinski definition) is 2. The van der Waals surface area contributed by atoms with Crippen molar-refractivity contribution in [3.8, 4) is 0 Å². The molecule has 5 atom stereocenters. The van der Waals surface area contributed by atoms with E-state index in [4.69, 9.17) is 14.9 Å². The van der Waals surface area contributed by atoms with Gasteiger partial charge >= 0.3 is 24.0 Å². The van der Waals surface area contributed by atoms with Crippen molar-refractivity contribution in [2.24, 2.45) is 28.5 Å². The lowest BCUT2D eigenvalue weighted by Gasteiger charge is -2.49. The van der Waals surface area contributed by atoms with Crippen LogP contribution in [0.5, 0.6) is 0 Å². The van der Waals surface area contributed by atoms with E-state index >= 15 is 0 Å². The van der Waals surface area contributed by atoms with Crippen LogP contribution in [-0.2, 0) is 28.3 Å². The second-order valence-corrected chi connectivity index (χ2v) is 19.3. The van der Waals surface area contributed by atoms with Gasteiger partial charge in [0.2, 0.25) is 17.8 Å². The quantitative estimate of drug-likeness (QED) is 0.0397. The summed E-state index contributed by atoms with van der Waals surface area (Å²) in [5, 5.41) is 24.2. The Balaban J connectivity index is 1.28. The van der Waals surface area contributed by atoms with Crippen molar-refractivity contribution in [2.45, 2.75) is 71.3 Å². The maximum absolute atomic E-state index is 13.9. The monoisotopic (exact) mass is 835 g/mol. The number of nitrogens with zero attached hydrogens (tertiary/aromatic N) is 5. The van der Waals surface area contributed by atoms with Gasteiger partial charge in [-0.2, -0.15) is 0 Å². The van der Waals surface area contributed by atoms with E-state index < -0.39 is 78.0 Å². The van der Waals surface area contributed by atoms with Gasteiger partial charge in [0.15, 0.2) is 8.32 Å². The molecular formula is C38H45N7O13Si. The molecule has 3 amide bonds. The molecule has 0 aromatic heterocycles. The predicted molar refractivity (Wildman–Crippen MR) is 210 cm³/mol. The molecule has 0 aliphatic carbocycles. The highest BCUT2D eigenvalue weighted by molar-refractivity contribution is 6.73. The van der Waals surface area contributed by atoms with Gasteiger partial charge in [0.1, 0.15) is 5.70 Å². The number of nitrogens with one attached hydrogen (secondary N) is 1. The molecule has 3 aliphatic rings. The zero-order valence-corrected chi connectivity index (χ0v) is 34.1. The van der Waals surface area contributed by atoms with Gasteiger partial charge in [-0.25, -0.2) is 19.2 Å². The fraction of sp³-hybridized carbons (Fsp3) is 0.447. The van der Waals surface area contributed by atoms with Gasteiger partial charge in [0, 0.05) is 43.3 Å². The number of β-lactam (4-membered cyclic amide) rings is 1. The van der Waals surface area contributed by atoms with Crippen LogP contribution in [0.1, 0.15) is 61.8 Å². The molecule has 1 unspecified atom stereocenters. The number of amides is 3. The molecule has 5 rings (SSSR count). The number of ether oxygens (including phenoxy) is 2. The van der Waals surface area contributed by atoms with Crippen molar-refractivity contribution in [1.29, 1.82) is 0 Å². The molecule has 20 nitrogen and oxygen atoms in total. The minimum atomic E-state index is -2.13. The lowest BCUT2D eigenvalue weighted by Crippen LogP contribution is -2.65. The molecule has 0 spiro atoms. The Morgan fingerprint density at radius 2 is 1.42 bits per heavy atom. The maximum Gasteiger partial charge on any atom is 0.444 e. The van der Waals surface area contributed by atoms with Gasteiger partial charge in [0.05, 0.1) is 45.0 Å². The van der Waals surface area contributed by atoms with Gasteiger partial charge < -0.3 is 24.5 Å². The number of nitro groups is 2. The summed E-state index contributed by atoms with van der Waals surface area (Å²) in [4.78, 5) is 106. The Hall–Kier alpha value is -6.19. The number of non-ortho nitro benzene ring substituents is 2. The molecule has 0 saturated carbocycles. The van der Waals surface area contributed by atoms with Gasteiger partial charge in [-0.3, -0.25) is 40.0 Å². The van der Waals surface area contributed by atoms with Crippen LogP contribution in [0.2, 0.25) is 18.1 Å². The molecule has 2 saturated heterocycles. The van der Waals surface area contributed by atoms with Crippen molar-refractivity contribution in [2.75, 3.05) is 19.6 Å². The van der Waals surface area contributed by atoms with Gasteiger partial charge in [-0.15, -0.1) is 4.99 Å². The van der Waals surface area contributed by atoms with E-state index in [-0.39, 0.29) is 53.1 Å². The second-order valence-electron chi connectivity index (χ2n) is 14.6. The highest BCUT2D eigenvalue weighted by Gasteiger charge is 2.61. The van der Waals surface area contributed by atoms with Crippen molar-refractivity contribution >= 4 is 61.5 Å². The SMILES string of the molecule is CC[Si](CC)(CC)OC(C)[C@H]1C(=O)N2C(C(=O)OC(=O)c3ccc([N+](=O)[O-])cc3)=C(CN3CC[C@H](C(=O)N/C(N)=N/C(=O)OC(=O)c4ccc([N+](=O)[O-])cc4)C3)[C@H](C)[C@H]12. The third kappa shape index (κ3) is 9.42. The van der Waals surface area contributed by atoms with E-state index in [1.165, 1.54) is 4.90 Å². The number of fused-ring (bicyclic) bond motifs is 1. The molecule has 314 valence electrons. The van der Waals surface area contributed by atoms with E-state index in [0.717, 1.165) is 66.7 Å². The summed E-state index contributed by atoms with van der Waals surface area (Å²) in [6.07, 6.45) is -1.54. The molecule has 21 heteroatoms. The van der Waals surface area contributed by atoms with E-state index in [2.05, 4.69) is 35.8 Å². The molecule has 59 heavy (non-hydrogen) atoms. The molecule has 3 aliphatic heterocycles. The number of nitro benzene ring substituents is 2. The fourth-order valence-electron chi connectivity index (χ4n) is 7.87. The molecule has 3 N–H and O–H groups in total. The molecule has 2 aromatic rings. The summed E-state index contributed by atoms with van der Waals surface area (Å²) in [5.41, 5.74) is 5.39. The number of likely N-dealkylation sites (tertiary alicyclic amines) is 1. The molecule has 2 fully saturated rings. The third-order valence-electron chi connectivity index (χ3n) is 11.4. The lowest BCUT2D eigenvalue weighted by molar-refractivity contribution is -0.385.